The van der Waals surface area contributed by atoms with Gasteiger partial charge in [-0.05, 0) is 31.5 Å². The number of aryl methyl sites for hydroxylation is 2. The van der Waals surface area contributed by atoms with Crippen LogP contribution in [0.25, 0.3) is 0 Å². The van der Waals surface area contributed by atoms with Gasteiger partial charge in [0.2, 0.25) is 0 Å². The van der Waals surface area contributed by atoms with E-state index in [0.29, 0.717) is 11.4 Å². The summed E-state index contributed by atoms with van der Waals surface area (Å²) in [7, 11) is 0. The van der Waals surface area contributed by atoms with Crippen LogP contribution < -0.4 is 5.56 Å². The van der Waals surface area contributed by atoms with Crippen molar-refractivity contribution in [3.63, 3.8) is 0 Å². The molecule has 19 heavy (non-hydrogen) atoms. The molecule has 0 spiro atoms. The molecule has 2 aromatic rings. The minimum absolute atomic E-state index is 0.124. The lowest BCUT2D eigenvalue weighted by Gasteiger charge is -2.00. The van der Waals surface area contributed by atoms with Crippen LogP contribution >= 0.6 is 0 Å². The standard InChI is InChI=1S/C12H12N4O3/c1-6-3-4-8(12(18)19)5-9(6)14-15-10-7(2)13-16-11(10)17/h3-5H,1-2H3,(H,18,19)(H2,13,16,17). The minimum atomic E-state index is -1.04. The summed E-state index contributed by atoms with van der Waals surface area (Å²) >= 11 is 0. The Balaban J connectivity index is 2.41. The number of aromatic nitrogens is 2. The number of nitrogens with one attached hydrogen (secondary N) is 2. The molecule has 98 valence electrons. The number of aromatic carboxylic acids is 1. The van der Waals surface area contributed by atoms with E-state index in [1.807, 2.05) is 0 Å². The van der Waals surface area contributed by atoms with Crippen LogP contribution in [0.2, 0.25) is 0 Å². The molecule has 1 aromatic carbocycles. The van der Waals surface area contributed by atoms with Crippen LogP contribution in [0.5, 0.6) is 0 Å². The third-order valence-corrected chi connectivity index (χ3v) is 2.65. The van der Waals surface area contributed by atoms with E-state index in [1.54, 1.807) is 19.9 Å². The average molecular weight is 260 g/mol. The van der Waals surface area contributed by atoms with Gasteiger partial charge < -0.3 is 10.2 Å². The second-order valence-electron chi connectivity index (χ2n) is 4.06. The van der Waals surface area contributed by atoms with Crippen LogP contribution in [0.1, 0.15) is 21.6 Å². The van der Waals surface area contributed by atoms with Gasteiger partial charge >= 0.3 is 5.97 Å². The van der Waals surface area contributed by atoms with Crippen molar-refractivity contribution in [2.75, 3.05) is 0 Å². The number of aromatic amines is 2. The molecule has 0 saturated carbocycles. The van der Waals surface area contributed by atoms with Crippen molar-refractivity contribution in [1.29, 1.82) is 0 Å². The highest BCUT2D eigenvalue weighted by Crippen LogP contribution is 2.22. The SMILES string of the molecule is Cc1ccc(C(=O)O)cc1N=Nc1c(C)[nH][nH]c1=O. The summed E-state index contributed by atoms with van der Waals surface area (Å²) in [5.74, 6) is -1.04. The molecular formula is C12H12N4O3. The fraction of sp³-hybridized carbons (Fsp3) is 0.167. The molecule has 2 rings (SSSR count). The van der Waals surface area contributed by atoms with Crippen molar-refractivity contribution in [2.24, 2.45) is 10.2 Å². The highest BCUT2D eigenvalue weighted by atomic mass is 16.4. The first kappa shape index (κ1) is 12.7. The number of rotatable bonds is 3. The maximum absolute atomic E-state index is 11.4. The number of nitrogens with zero attached hydrogens (tertiary/aromatic N) is 2. The van der Waals surface area contributed by atoms with Gasteiger partial charge in [-0.3, -0.25) is 9.89 Å². The first-order valence-electron chi connectivity index (χ1n) is 5.52. The first-order valence-corrected chi connectivity index (χ1v) is 5.52. The summed E-state index contributed by atoms with van der Waals surface area (Å²) in [5.41, 5.74) is 1.70. The highest BCUT2D eigenvalue weighted by Gasteiger charge is 2.07. The Morgan fingerprint density at radius 1 is 1.21 bits per heavy atom. The number of hydrogen-bond donors (Lipinski definition) is 3. The summed E-state index contributed by atoms with van der Waals surface area (Å²) in [6, 6.07) is 4.55. The Labute approximate surface area is 108 Å². The zero-order valence-corrected chi connectivity index (χ0v) is 10.4. The van der Waals surface area contributed by atoms with Gasteiger partial charge in [0.15, 0.2) is 5.69 Å². The predicted octanol–water partition coefficient (Wildman–Crippen LogP) is 2.43. The Morgan fingerprint density at radius 3 is 2.53 bits per heavy atom. The number of azo groups is 1. The molecule has 0 amide bonds. The predicted molar refractivity (Wildman–Crippen MR) is 68.5 cm³/mol. The van der Waals surface area contributed by atoms with Gasteiger partial charge in [0.1, 0.15) is 0 Å². The Hall–Kier alpha value is -2.70. The maximum Gasteiger partial charge on any atom is 0.335 e. The van der Waals surface area contributed by atoms with Crippen molar-refractivity contribution < 1.29 is 9.90 Å². The van der Waals surface area contributed by atoms with E-state index >= 15 is 0 Å². The van der Waals surface area contributed by atoms with Crippen LogP contribution in [0.15, 0.2) is 33.2 Å². The van der Waals surface area contributed by atoms with Gasteiger partial charge in [-0.25, -0.2) is 4.79 Å². The molecule has 1 heterocycles. The van der Waals surface area contributed by atoms with E-state index in [9.17, 15) is 9.59 Å². The summed E-state index contributed by atoms with van der Waals surface area (Å²) in [6.45, 7) is 3.47. The number of carboxylic acids is 1. The van der Waals surface area contributed by atoms with Crippen molar-refractivity contribution in [2.45, 2.75) is 13.8 Å². The van der Waals surface area contributed by atoms with Gasteiger partial charge in [-0.1, -0.05) is 6.07 Å². The smallest absolute Gasteiger partial charge is 0.335 e. The lowest BCUT2D eigenvalue weighted by molar-refractivity contribution is 0.0697. The molecular weight excluding hydrogens is 248 g/mol. The van der Waals surface area contributed by atoms with E-state index < -0.39 is 5.97 Å². The van der Waals surface area contributed by atoms with Crippen molar-refractivity contribution in [1.82, 2.24) is 10.2 Å². The quantitative estimate of drug-likeness (QED) is 0.737. The second-order valence-corrected chi connectivity index (χ2v) is 4.06. The Morgan fingerprint density at radius 2 is 1.95 bits per heavy atom. The molecule has 0 atom stereocenters. The largest absolute Gasteiger partial charge is 0.478 e. The van der Waals surface area contributed by atoms with Gasteiger partial charge in [-0.2, -0.15) is 5.11 Å². The zero-order chi connectivity index (χ0) is 14.0. The summed E-state index contributed by atoms with van der Waals surface area (Å²) in [4.78, 5) is 22.3. The molecule has 3 N–H and O–H groups in total. The lowest BCUT2D eigenvalue weighted by atomic mass is 10.1. The van der Waals surface area contributed by atoms with Crippen LogP contribution in [-0.2, 0) is 0 Å². The Kier molecular flexibility index (Phi) is 3.28. The first-order chi connectivity index (χ1) is 8.99. The summed E-state index contributed by atoms with van der Waals surface area (Å²) in [6.07, 6.45) is 0. The average Bonchev–Trinajstić information content (AvgIpc) is 2.68. The molecule has 7 nitrogen and oxygen atoms in total. The maximum atomic E-state index is 11.4. The van der Waals surface area contributed by atoms with Crippen LogP contribution in [0.3, 0.4) is 0 Å². The molecule has 0 radical (unpaired) electrons. The number of carbonyl (C=O) groups is 1. The number of H-pyrrole nitrogens is 2. The molecule has 0 bridgehead atoms. The van der Waals surface area contributed by atoms with Crippen LogP contribution in [-0.4, -0.2) is 21.3 Å². The van der Waals surface area contributed by atoms with E-state index in [2.05, 4.69) is 20.4 Å². The number of benzene rings is 1. The van der Waals surface area contributed by atoms with E-state index in [1.165, 1.54) is 12.1 Å². The van der Waals surface area contributed by atoms with Gasteiger partial charge in [0.05, 0.1) is 16.9 Å². The van der Waals surface area contributed by atoms with Crippen molar-refractivity contribution in [3.05, 3.63) is 45.4 Å². The molecule has 7 heteroatoms. The summed E-state index contributed by atoms with van der Waals surface area (Å²) < 4.78 is 0. The normalized spacial score (nSPS) is 11.1. The van der Waals surface area contributed by atoms with E-state index in [4.69, 9.17) is 5.11 Å². The fourth-order valence-electron chi connectivity index (χ4n) is 1.51. The van der Waals surface area contributed by atoms with Gasteiger partial charge in [-0.15, -0.1) is 5.11 Å². The summed E-state index contributed by atoms with van der Waals surface area (Å²) in [5, 5.41) is 21.7. The van der Waals surface area contributed by atoms with Crippen molar-refractivity contribution >= 4 is 17.3 Å². The number of carboxylic acid groups (broad SMARTS) is 1. The lowest BCUT2D eigenvalue weighted by Crippen LogP contribution is -1.97. The van der Waals surface area contributed by atoms with Gasteiger partial charge in [0, 0.05) is 0 Å². The highest BCUT2D eigenvalue weighted by molar-refractivity contribution is 5.88. The van der Waals surface area contributed by atoms with Gasteiger partial charge in [0.25, 0.3) is 5.56 Å². The topological polar surface area (TPSA) is 111 Å². The third-order valence-electron chi connectivity index (χ3n) is 2.65. The molecule has 0 fully saturated rings. The fourth-order valence-corrected chi connectivity index (χ4v) is 1.51. The molecule has 0 aliphatic rings. The zero-order valence-electron chi connectivity index (χ0n) is 10.4. The number of hydrogen-bond acceptors (Lipinski definition) is 4. The molecule has 1 aromatic heterocycles. The molecule has 0 unspecified atom stereocenters. The molecule has 0 saturated heterocycles. The second kappa shape index (κ2) is 4.89. The third kappa shape index (κ3) is 2.59. The van der Waals surface area contributed by atoms with E-state index in [0.717, 1.165) is 5.56 Å². The molecule has 0 aliphatic carbocycles. The van der Waals surface area contributed by atoms with Crippen LogP contribution in [0.4, 0.5) is 11.4 Å². The monoisotopic (exact) mass is 260 g/mol. The van der Waals surface area contributed by atoms with Crippen LogP contribution in [0, 0.1) is 13.8 Å². The van der Waals surface area contributed by atoms with E-state index in [-0.39, 0.29) is 16.8 Å². The van der Waals surface area contributed by atoms with Crippen molar-refractivity contribution in [3.8, 4) is 0 Å². The molecule has 0 aliphatic heterocycles. The Bertz CT molecular complexity index is 712. The minimum Gasteiger partial charge on any atom is -0.478 e.